The highest BCUT2D eigenvalue weighted by molar-refractivity contribution is 4.86. The van der Waals surface area contributed by atoms with Crippen LogP contribution in [-0.2, 0) is 0 Å². The van der Waals surface area contributed by atoms with Crippen molar-refractivity contribution in [3.05, 3.63) is 24.3 Å². The minimum Gasteiger partial charge on any atom is -0.317 e. The molecule has 0 heterocycles. The highest BCUT2D eigenvalue weighted by atomic mass is 14.9. The van der Waals surface area contributed by atoms with Gasteiger partial charge in [0.2, 0.25) is 0 Å². The van der Waals surface area contributed by atoms with E-state index in [2.05, 4.69) is 94.5 Å². The summed E-state index contributed by atoms with van der Waals surface area (Å²) in [6.07, 6.45) is 18.9. The lowest BCUT2D eigenvalue weighted by molar-refractivity contribution is 0.605. The molecule has 0 saturated heterocycles. The lowest BCUT2D eigenvalue weighted by Gasteiger charge is -2.03. The summed E-state index contributed by atoms with van der Waals surface area (Å²) in [5.41, 5.74) is 0. The van der Waals surface area contributed by atoms with Crippen LogP contribution in [0.2, 0.25) is 0 Å². The third-order valence-corrected chi connectivity index (χ3v) is 6.21. The van der Waals surface area contributed by atoms with Gasteiger partial charge in [0.25, 0.3) is 0 Å². The summed E-state index contributed by atoms with van der Waals surface area (Å²) in [7, 11) is 0. The van der Waals surface area contributed by atoms with Crippen molar-refractivity contribution in [1.29, 1.82) is 0 Å². The molecule has 0 fully saturated rings. The van der Waals surface area contributed by atoms with Crippen LogP contribution in [0.1, 0.15) is 86.5 Å². The third-order valence-electron chi connectivity index (χ3n) is 6.21. The molecule has 0 aliphatic carbocycles. The van der Waals surface area contributed by atoms with Gasteiger partial charge in [0.1, 0.15) is 0 Å². The van der Waals surface area contributed by atoms with Crippen LogP contribution in [0.4, 0.5) is 0 Å². The molecule has 248 valence electrons. The van der Waals surface area contributed by atoms with Crippen LogP contribution in [0, 0.1) is 0 Å². The largest absolute Gasteiger partial charge is 0.317 e. The van der Waals surface area contributed by atoms with Crippen molar-refractivity contribution in [2.24, 2.45) is 0 Å². The number of hydrogen-bond donors (Lipinski definition) is 8. The molecule has 0 unspecified atom stereocenters. The molecule has 8 N–H and O–H groups in total. The minimum absolute atomic E-state index is 0. The van der Waals surface area contributed by atoms with Crippen molar-refractivity contribution < 1.29 is 0 Å². The maximum Gasteiger partial charge on any atom is 0.0135 e. The van der Waals surface area contributed by atoms with Gasteiger partial charge in [0, 0.05) is 26.2 Å². The van der Waals surface area contributed by atoms with E-state index in [9.17, 15) is 0 Å². The Hall–Kier alpha value is -0.840. The average molecular weight is 585 g/mol. The number of rotatable bonds is 32. The van der Waals surface area contributed by atoms with Crippen molar-refractivity contribution in [2.45, 2.75) is 86.5 Å². The molecule has 0 amide bonds. The van der Waals surface area contributed by atoms with Gasteiger partial charge in [-0.05, 0) is 130 Å². The van der Waals surface area contributed by atoms with E-state index in [1.807, 2.05) is 0 Å². The molecule has 0 aromatic heterocycles. The second-order valence-electron chi connectivity index (χ2n) is 10.0. The molecule has 8 heteroatoms. The first kappa shape index (κ1) is 44.6. The second kappa shape index (κ2) is 46.1. The molecule has 0 spiro atoms. The second-order valence-corrected chi connectivity index (χ2v) is 10.0. The van der Waals surface area contributed by atoms with Crippen molar-refractivity contribution in [2.75, 3.05) is 105 Å². The van der Waals surface area contributed by atoms with Crippen molar-refractivity contribution in [3.8, 4) is 0 Å². The van der Waals surface area contributed by atoms with Gasteiger partial charge in [0.05, 0.1) is 0 Å². The first-order valence-corrected chi connectivity index (χ1v) is 16.8. The Bertz CT molecular complexity index is 392. The Balaban J connectivity index is -0.000000688. The summed E-state index contributed by atoms with van der Waals surface area (Å²) in [5, 5.41) is 27.1. The lowest BCUT2D eigenvalue weighted by Crippen LogP contribution is -2.20. The SMILES string of the molecule is C.CCNCCCCNC/C=C/CNCCCCNCC.CCNCCCCNC/C=C\CNCCCCNCC. The van der Waals surface area contributed by atoms with Crippen LogP contribution in [-0.4, -0.2) is 105 Å². The Morgan fingerprint density at radius 2 is 0.463 bits per heavy atom. The van der Waals surface area contributed by atoms with E-state index < -0.39 is 0 Å². The van der Waals surface area contributed by atoms with Crippen LogP contribution >= 0.6 is 0 Å². The van der Waals surface area contributed by atoms with Crippen LogP contribution in [0.3, 0.4) is 0 Å². The smallest absolute Gasteiger partial charge is 0.0135 e. The highest BCUT2D eigenvalue weighted by Gasteiger charge is 1.90. The van der Waals surface area contributed by atoms with Gasteiger partial charge in [0.15, 0.2) is 0 Å². The molecule has 41 heavy (non-hydrogen) atoms. The van der Waals surface area contributed by atoms with Crippen molar-refractivity contribution >= 4 is 0 Å². The summed E-state index contributed by atoms with van der Waals surface area (Å²) >= 11 is 0. The number of unbranched alkanes of at least 4 members (excludes halogenated alkanes) is 4. The third kappa shape index (κ3) is 49.2. The fourth-order valence-corrected chi connectivity index (χ4v) is 3.78. The van der Waals surface area contributed by atoms with Gasteiger partial charge in [-0.2, -0.15) is 0 Å². The maximum absolute atomic E-state index is 3.44. The maximum atomic E-state index is 3.44. The predicted octanol–water partition coefficient (Wildman–Crippen LogP) is 3.64. The normalized spacial score (nSPS) is 11.2. The predicted molar refractivity (Wildman–Crippen MR) is 188 cm³/mol. The molecular weight excluding hydrogens is 508 g/mol. The topological polar surface area (TPSA) is 96.2 Å². The number of nitrogens with one attached hydrogen (secondary N) is 8. The Kier molecular flexibility index (Phi) is 50.2. The van der Waals surface area contributed by atoms with Gasteiger partial charge in [-0.15, -0.1) is 0 Å². The van der Waals surface area contributed by atoms with Gasteiger partial charge >= 0.3 is 0 Å². The first-order chi connectivity index (χ1) is 19.8. The molecule has 0 bridgehead atoms. The fourth-order valence-electron chi connectivity index (χ4n) is 3.78. The molecule has 0 saturated carbocycles. The molecule has 0 atom stereocenters. The van der Waals surface area contributed by atoms with E-state index in [1.54, 1.807) is 0 Å². The Morgan fingerprint density at radius 1 is 0.293 bits per heavy atom. The summed E-state index contributed by atoms with van der Waals surface area (Å²) in [5.74, 6) is 0. The van der Waals surface area contributed by atoms with Gasteiger partial charge in [-0.1, -0.05) is 59.4 Å². The van der Waals surface area contributed by atoms with Crippen LogP contribution in [0.25, 0.3) is 0 Å². The molecule has 0 aliphatic rings. The van der Waals surface area contributed by atoms with Crippen LogP contribution in [0.15, 0.2) is 24.3 Å². The quantitative estimate of drug-likeness (QED) is 0.0449. The van der Waals surface area contributed by atoms with E-state index in [0.717, 1.165) is 105 Å². The number of hydrogen-bond acceptors (Lipinski definition) is 8. The summed E-state index contributed by atoms with van der Waals surface area (Å²) in [6, 6.07) is 0. The summed E-state index contributed by atoms with van der Waals surface area (Å²) in [4.78, 5) is 0. The lowest BCUT2D eigenvalue weighted by atomic mass is 10.3. The molecule has 8 nitrogen and oxygen atoms in total. The zero-order valence-corrected chi connectivity index (χ0v) is 27.3. The first-order valence-electron chi connectivity index (χ1n) is 16.8. The molecule has 0 aromatic rings. The molecule has 0 rings (SSSR count). The molecule has 0 aliphatic heterocycles. The van der Waals surface area contributed by atoms with E-state index in [-0.39, 0.29) is 7.43 Å². The van der Waals surface area contributed by atoms with E-state index in [1.165, 1.54) is 51.4 Å². The summed E-state index contributed by atoms with van der Waals surface area (Å²) < 4.78 is 0. The zero-order valence-electron chi connectivity index (χ0n) is 27.3. The summed E-state index contributed by atoms with van der Waals surface area (Å²) in [6.45, 7) is 25.9. The van der Waals surface area contributed by atoms with Crippen molar-refractivity contribution in [1.82, 2.24) is 42.5 Å². The molecule has 0 aromatic carbocycles. The standard InChI is InChI=1S/2C16H36N4.CH4/c2*1-3-17-11-5-7-13-19-15-9-10-16-20-14-8-6-12-18-4-2;/h2*9-10,17-20H,3-8,11-16H2,1-2H3;1H4/b10-9+;10-9-;. The minimum atomic E-state index is 0. The highest BCUT2D eigenvalue weighted by Crippen LogP contribution is 1.87. The van der Waals surface area contributed by atoms with Gasteiger partial charge in [-0.25, -0.2) is 0 Å². The van der Waals surface area contributed by atoms with E-state index in [0.29, 0.717) is 0 Å². The van der Waals surface area contributed by atoms with Crippen LogP contribution < -0.4 is 42.5 Å². The van der Waals surface area contributed by atoms with Crippen LogP contribution in [0.5, 0.6) is 0 Å². The Morgan fingerprint density at radius 3 is 0.634 bits per heavy atom. The van der Waals surface area contributed by atoms with Gasteiger partial charge < -0.3 is 42.5 Å². The Labute approximate surface area is 257 Å². The monoisotopic (exact) mass is 585 g/mol. The van der Waals surface area contributed by atoms with Crippen molar-refractivity contribution in [3.63, 3.8) is 0 Å². The van der Waals surface area contributed by atoms with E-state index in [4.69, 9.17) is 0 Å². The van der Waals surface area contributed by atoms with Gasteiger partial charge in [-0.3, -0.25) is 0 Å². The zero-order chi connectivity index (χ0) is 29.5. The van der Waals surface area contributed by atoms with E-state index >= 15 is 0 Å². The molecule has 0 radical (unpaired) electrons. The fraction of sp³-hybridized carbons (Fsp3) is 0.879. The average Bonchev–Trinajstić information content (AvgIpc) is 2.97. The molecular formula is C33H76N8.